The highest BCUT2D eigenvalue weighted by molar-refractivity contribution is 5.99. The monoisotopic (exact) mass is 392 g/mol. The summed E-state index contributed by atoms with van der Waals surface area (Å²) in [6, 6.07) is 16.7. The summed E-state index contributed by atoms with van der Waals surface area (Å²) in [5, 5.41) is 0. The molecule has 0 atom stereocenters. The number of hydrogen-bond acceptors (Lipinski definition) is 4. The van der Waals surface area contributed by atoms with Crippen molar-refractivity contribution in [2.45, 2.75) is 19.3 Å². The van der Waals surface area contributed by atoms with Gasteiger partial charge in [0.15, 0.2) is 12.4 Å². The molecular formula is C23H24N2O4. The standard InChI is InChI=1S/C23H24N2O4/c26-21(12-15-25-19-8-4-5-9-20(19)29-16-22(25)27)24-13-10-18(11-14-24)23(28)17-6-2-1-3-7-17/h1-9,18H,10-16H2. The third-order valence-corrected chi connectivity index (χ3v) is 5.63. The quantitative estimate of drug-likeness (QED) is 0.734. The van der Waals surface area contributed by atoms with Crippen molar-refractivity contribution in [3.63, 3.8) is 0 Å². The van der Waals surface area contributed by atoms with Gasteiger partial charge in [-0.05, 0) is 25.0 Å². The number of likely N-dealkylation sites (tertiary alicyclic amines) is 1. The minimum absolute atomic E-state index is 0.00179. The molecule has 2 heterocycles. The molecular weight excluding hydrogens is 368 g/mol. The summed E-state index contributed by atoms with van der Waals surface area (Å²) in [6.07, 6.45) is 1.62. The maximum Gasteiger partial charge on any atom is 0.265 e. The van der Waals surface area contributed by atoms with Gasteiger partial charge in [-0.3, -0.25) is 14.4 Å². The number of ether oxygens (including phenoxy) is 1. The number of amides is 2. The van der Waals surface area contributed by atoms with E-state index in [4.69, 9.17) is 4.74 Å². The van der Waals surface area contributed by atoms with Crippen LogP contribution >= 0.6 is 0 Å². The second-order valence-electron chi connectivity index (χ2n) is 7.44. The van der Waals surface area contributed by atoms with E-state index in [1.54, 1.807) is 4.90 Å². The number of rotatable bonds is 5. The van der Waals surface area contributed by atoms with Crippen molar-refractivity contribution in [2.75, 3.05) is 31.1 Å². The molecule has 2 amide bonds. The Balaban J connectivity index is 1.31. The first kappa shape index (κ1) is 19.2. The van der Waals surface area contributed by atoms with Gasteiger partial charge in [-0.25, -0.2) is 0 Å². The fraction of sp³-hybridized carbons (Fsp3) is 0.348. The van der Waals surface area contributed by atoms with Crippen LogP contribution in [0.5, 0.6) is 5.75 Å². The summed E-state index contributed by atoms with van der Waals surface area (Å²) in [4.78, 5) is 41.0. The molecule has 0 radical (unpaired) electrons. The number of carbonyl (C=O) groups is 3. The van der Waals surface area contributed by atoms with Gasteiger partial charge in [0.05, 0.1) is 5.69 Å². The van der Waals surface area contributed by atoms with Gasteiger partial charge < -0.3 is 14.5 Å². The Bertz CT molecular complexity index is 904. The Morgan fingerprint density at radius 3 is 2.41 bits per heavy atom. The number of carbonyl (C=O) groups excluding carboxylic acids is 3. The lowest BCUT2D eigenvalue weighted by atomic mass is 9.89. The van der Waals surface area contributed by atoms with E-state index >= 15 is 0 Å². The summed E-state index contributed by atoms with van der Waals surface area (Å²) < 4.78 is 5.44. The Labute approximate surface area is 170 Å². The molecule has 1 saturated heterocycles. The SMILES string of the molecule is O=C(c1ccccc1)C1CCN(C(=O)CCN2C(=O)COc3ccccc32)CC1. The van der Waals surface area contributed by atoms with Gasteiger partial charge in [-0.2, -0.15) is 0 Å². The third kappa shape index (κ3) is 4.16. The molecule has 0 N–H and O–H groups in total. The van der Waals surface area contributed by atoms with Crippen LogP contribution in [0.3, 0.4) is 0 Å². The second kappa shape index (κ2) is 8.47. The molecule has 2 aliphatic rings. The lowest BCUT2D eigenvalue weighted by Gasteiger charge is -2.33. The number of nitrogens with zero attached hydrogens (tertiary/aromatic N) is 2. The van der Waals surface area contributed by atoms with Crippen LogP contribution < -0.4 is 9.64 Å². The van der Waals surface area contributed by atoms with E-state index in [2.05, 4.69) is 0 Å². The van der Waals surface area contributed by atoms with Crippen molar-refractivity contribution < 1.29 is 19.1 Å². The van der Waals surface area contributed by atoms with Gasteiger partial charge in [0.2, 0.25) is 5.91 Å². The van der Waals surface area contributed by atoms with Gasteiger partial charge >= 0.3 is 0 Å². The van der Waals surface area contributed by atoms with Crippen molar-refractivity contribution in [3.05, 3.63) is 60.2 Å². The van der Waals surface area contributed by atoms with Gasteiger partial charge in [0.25, 0.3) is 5.91 Å². The molecule has 0 unspecified atom stereocenters. The fourth-order valence-electron chi connectivity index (χ4n) is 3.99. The number of ketones is 1. The smallest absolute Gasteiger partial charge is 0.265 e. The molecule has 0 bridgehead atoms. The topological polar surface area (TPSA) is 66.9 Å². The fourth-order valence-corrected chi connectivity index (χ4v) is 3.99. The number of Topliss-reactive ketones (excluding diaryl/α,β-unsaturated/α-hetero) is 1. The molecule has 150 valence electrons. The van der Waals surface area contributed by atoms with E-state index in [0.29, 0.717) is 43.9 Å². The molecule has 6 heteroatoms. The minimum atomic E-state index is -0.135. The summed E-state index contributed by atoms with van der Waals surface area (Å²) in [7, 11) is 0. The molecule has 4 rings (SSSR count). The van der Waals surface area contributed by atoms with Crippen LogP contribution in [-0.2, 0) is 9.59 Å². The Hall–Kier alpha value is -3.15. The summed E-state index contributed by atoms with van der Waals surface area (Å²) >= 11 is 0. The van der Waals surface area contributed by atoms with Crippen molar-refractivity contribution in [1.82, 2.24) is 4.90 Å². The molecule has 2 aromatic rings. The first-order valence-corrected chi connectivity index (χ1v) is 10.0. The molecule has 1 fully saturated rings. The van der Waals surface area contributed by atoms with Crippen LogP contribution in [0, 0.1) is 5.92 Å². The lowest BCUT2D eigenvalue weighted by Crippen LogP contribution is -2.44. The zero-order valence-electron chi connectivity index (χ0n) is 16.3. The second-order valence-corrected chi connectivity index (χ2v) is 7.44. The van der Waals surface area contributed by atoms with Gasteiger partial charge in [0.1, 0.15) is 5.75 Å². The van der Waals surface area contributed by atoms with Crippen LogP contribution in [0.1, 0.15) is 29.6 Å². The first-order chi connectivity index (χ1) is 14.1. The number of piperidine rings is 1. The molecule has 2 aromatic carbocycles. The normalized spacial score (nSPS) is 16.9. The molecule has 0 aliphatic carbocycles. The Morgan fingerprint density at radius 1 is 0.966 bits per heavy atom. The highest BCUT2D eigenvalue weighted by Crippen LogP contribution is 2.31. The number of para-hydroxylation sites is 2. The van der Waals surface area contributed by atoms with E-state index in [1.807, 2.05) is 59.5 Å². The Morgan fingerprint density at radius 2 is 1.66 bits per heavy atom. The van der Waals surface area contributed by atoms with Crippen LogP contribution in [-0.4, -0.2) is 48.7 Å². The zero-order chi connectivity index (χ0) is 20.2. The highest BCUT2D eigenvalue weighted by atomic mass is 16.5. The molecule has 2 aliphatic heterocycles. The average molecular weight is 392 g/mol. The number of benzene rings is 2. The number of fused-ring (bicyclic) bond motifs is 1. The average Bonchev–Trinajstić information content (AvgIpc) is 2.78. The lowest BCUT2D eigenvalue weighted by molar-refractivity contribution is -0.132. The molecule has 0 saturated carbocycles. The minimum Gasteiger partial charge on any atom is -0.482 e. The summed E-state index contributed by atoms with van der Waals surface area (Å²) in [6.45, 7) is 1.49. The zero-order valence-corrected chi connectivity index (χ0v) is 16.3. The summed E-state index contributed by atoms with van der Waals surface area (Å²) in [5.74, 6) is 0.679. The maximum atomic E-state index is 12.7. The van der Waals surface area contributed by atoms with Crippen LogP contribution in [0.2, 0.25) is 0 Å². The maximum absolute atomic E-state index is 12.7. The van der Waals surface area contributed by atoms with E-state index in [-0.39, 0.29) is 36.5 Å². The number of anilines is 1. The molecule has 6 nitrogen and oxygen atoms in total. The first-order valence-electron chi connectivity index (χ1n) is 10.0. The van der Waals surface area contributed by atoms with Gasteiger partial charge in [-0.15, -0.1) is 0 Å². The third-order valence-electron chi connectivity index (χ3n) is 5.63. The summed E-state index contributed by atoms with van der Waals surface area (Å²) in [5.41, 5.74) is 1.45. The van der Waals surface area contributed by atoms with E-state index in [0.717, 1.165) is 5.56 Å². The molecule has 0 aromatic heterocycles. The van der Waals surface area contributed by atoms with Gasteiger partial charge in [0, 0.05) is 37.5 Å². The van der Waals surface area contributed by atoms with Crippen molar-refractivity contribution in [3.8, 4) is 5.75 Å². The number of hydrogen-bond donors (Lipinski definition) is 0. The molecule has 0 spiro atoms. The predicted molar refractivity (Wildman–Crippen MR) is 109 cm³/mol. The molecule has 29 heavy (non-hydrogen) atoms. The van der Waals surface area contributed by atoms with Crippen molar-refractivity contribution in [2.24, 2.45) is 5.92 Å². The van der Waals surface area contributed by atoms with E-state index in [9.17, 15) is 14.4 Å². The largest absolute Gasteiger partial charge is 0.482 e. The van der Waals surface area contributed by atoms with Crippen LogP contribution in [0.15, 0.2) is 54.6 Å². The van der Waals surface area contributed by atoms with Gasteiger partial charge in [-0.1, -0.05) is 42.5 Å². The van der Waals surface area contributed by atoms with Crippen molar-refractivity contribution >= 4 is 23.3 Å². The van der Waals surface area contributed by atoms with E-state index < -0.39 is 0 Å². The Kier molecular flexibility index (Phi) is 5.60. The van der Waals surface area contributed by atoms with Crippen LogP contribution in [0.4, 0.5) is 5.69 Å². The predicted octanol–water partition coefficient (Wildman–Crippen LogP) is 2.92. The van der Waals surface area contributed by atoms with Crippen LogP contribution in [0.25, 0.3) is 0 Å². The highest BCUT2D eigenvalue weighted by Gasteiger charge is 2.29. The van der Waals surface area contributed by atoms with Crippen molar-refractivity contribution in [1.29, 1.82) is 0 Å². The van der Waals surface area contributed by atoms with E-state index in [1.165, 1.54) is 0 Å².